The largest absolute Gasteiger partial charge is 0.445 e. The Balaban J connectivity index is 1.89. The van der Waals surface area contributed by atoms with Gasteiger partial charge in [0.25, 0.3) is 0 Å². The quantitative estimate of drug-likeness (QED) is 0.513. The SMILES string of the molecule is C=CCOC(=O)N1C[C@@H](S)C[C@H]1CSc1cnns1. The van der Waals surface area contributed by atoms with Crippen molar-refractivity contribution < 1.29 is 9.53 Å². The Morgan fingerprint density at radius 2 is 2.63 bits per heavy atom. The van der Waals surface area contributed by atoms with Crippen molar-refractivity contribution in [3.05, 3.63) is 18.9 Å². The van der Waals surface area contributed by atoms with Gasteiger partial charge in [-0.25, -0.2) is 4.79 Å². The molecule has 0 radical (unpaired) electrons. The third-order valence-corrected chi connectivity index (χ3v) is 5.06. The molecular weight excluding hydrogens is 302 g/mol. The highest BCUT2D eigenvalue weighted by molar-refractivity contribution is 8.01. The second-order valence-electron chi connectivity index (χ2n) is 4.11. The first-order valence-corrected chi connectivity index (χ1v) is 8.10. The van der Waals surface area contributed by atoms with Crippen LogP contribution < -0.4 is 0 Å². The van der Waals surface area contributed by atoms with E-state index >= 15 is 0 Å². The maximum Gasteiger partial charge on any atom is 0.410 e. The average molecular weight is 317 g/mol. The summed E-state index contributed by atoms with van der Waals surface area (Å²) in [5.41, 5.74) is 0. The molecule has 0 unspecified atom stereocenters. The highest BCUT2D eigenvalue weighted by Gasteiger charge is 2.34. The summed E-state index contributed by atoms with van der Waals surface area (Å²) in [6.07, 6.45) is 3.90. The Morgan fingerprint density at radius 1 is 1.79 bits per heavy atom. The lowest BCUT2D eigenvalue weighted by Crippen LogP contribution is -2.37. The number of rotatable bonds is 5. The Morgan fingerprint density at radius 3 is 3.32 bits per heavy atom. The molecule has 0 saturated carbocycles. The molecule has 2 atom stereocenters. The van der Waals surface area contributed by atoms with E-state index in [9.17, 15) is 4.79 Å². The van der Waals surface area contributed by atoms with E-state index in [0.717, 1.165) is 16.4 Å². The topological polar surface area (TPSA) is 55.3 Å². The van der Waals surface area contributed by atoms with Gasteiger partial charge in [-0.2, -0.15) is 12.6 Å². The van der Waals surface area contributed by atoms with E-state index in [1.165, 1.54) is 11.5 Å². The van der Waals surface area contributed by atoms with Crippen LogP contribution in [0.15, 0.2) is 23.1 Å². The van der Waals surface area contributed by atoms with Gasteiger partial charge in [-0.1, -0.05) is 17.1 Å². The van der Waals surface area contributed by atoms with Crippen LogP contribution in [0.5, 0.6) is 0 Å². The van der Waals surface area contributed by atoms with Gasteiger partial charge < -0.3 is 9.64 Å². The molecule has 19 heavy (non-hydrogen) atoms. The molecule has 0 spiro atoms. The summed E-state index contributed by atoms with van der Waals surface area (Å²) < 4.78 is 9.97. The number of ether oxygens (including phenoxy) is 1. The van der Waals surface area contributed by atoms with E-state index in [0.29, 0.717) is 6.54 Å². The number of likely N-dealkylation sites (tertiary alicyclic amines) is 1. The summed E-state index contributed by atoms with van der Waals surface area (Å²) in [6.45, 7) is 4.41. The number of hydrogen-bond acceptors (Lipinski definition) is 7. The highest BCUT2D eigenvalue weighted by atomic mass is 32.2. The van der Waals surface area contributed by atoms with E-state index in [2.05, 4.69) is 28.8 Å². The van der Waals surface area contributed by atoms with Gasteiger partial charge >= 0.3 is 6.09 Å². The second-order valence-corrected chi connectivity index (χ2v) is 6.95. The molecule has 2 heterocycles. The summed E-state index contributed by atoms with van der Waals surface area (Å²) in [7, 11) is 0. The number of amides is 1. The molecule has 0 aromatic carbocycles. The van der Waals surface area contributed by atoms with Crippen LogP contribution in [0.1, 0.15) is 6.42 Å². The summed E-state index contributed by atoms with van der Waals surface area (Å²) in [6, 6.07) is 0.145. The summed E-state index contributed by atoms with van der Waals surface area (Å²) in [5.74, 6) is 0.810. The monoisotopic (exact) mass is 317 g/mol. The van der Waals surface area contributed by atoms with Gasteiger partial charge in [-0.3, -0.25) is 0 Å². The van der Waals surface area contributed by atoms with E-state index in [4.69, 9.17) is 4.74 Å². The van der Waals surface area contributed by atoms with E-state index < -0.39 is 0 Å². The van der Waals surface area contributed by atoms with Crippen LogP contribution in [-0.4, -0.2) is 50.8 Å². The van der Waals surface area contributed by atoms with E-state index in [1.807, 2.05) is 0 Å². The Hall–Kier alpha value is -0.730. The smallest absolute Gasteiger partial charge is 0.410 e. The number of carbonyl (C=O) groups is 1. The Labute approximate surface area is 126 Å². The van der Waals surface area contributed by atoms with Gasteiger partial charge in [0.2, 0.25) is 0 Å². The molecule has 1 fully saturated rings. The van der Waals surface area contributed by atoms with Crippen molar-refractivity contribution in [2.24, 2.45) is 0 Å². The minimum absolute atomic E-state index is 0.145. The standard InChI is InChI=1S/C11H15N3O2S3/c1-2-3-16-11(15)14-6-9(17)4-8(14)7-18-10-5-12-13-19-10/h2,5,8-9,17H,1,3-4,6-7H2/t8-,9-/m0/s1. The van der Waals surface area contributed by atoms with Crippen LogP contribution in [0.2, 0.25) is 0 Å². The summed E-state index contributed by atoms with van der Waals surface area (Å²) >= 11 is 7.49. The zero-order chi connectivity index (χ0) is 13.7. The molecule has 5 nitrogen and oxygen atoms in total. The molecular formula is C11H15N3O2S3. The molecule has 8 heteroatoms. The molecule has 104 valence electrons. The number of thioether (sulfide) groups is 1. The van der Waals surface area contributed by atoms with Gasteiger partial charge in [0.15, 0.2) is 0 Å². The minimum Gasteiger partial charge on any atom is -0.445 e. The van der Waals surface area contributed by atoms with Crippen molar-refractivity contribution in [1.29, 1.82) is 0 Å². The normalized spacial score (nSPS) is 22.5. The molecule has 0 bridgehead atoms. The first kappa shape index (κ1) is 14.7. The zero-order valence-corrected chi connectivity index (χ0v) is 12.8. The van der Waals surface area contributed by atoms with Crippen molar-refractivity contribution in [2.75, 3.05) is 18.9 Å². The number of carbonyl (C=O) groups excluding carboxylic acids is 1. The van der Waals surface area contributed by atoms with Gasteiger partial charge in [0, 0.05) is 23.6 Å². The lowest BCUT2D eigenvalue weighted by molar-refractivity contribution is 0.111. The second kappa shape index (κ2) is 7.16. The fourth-order valence-electron chi connectivity index (χ4n) is 1.89. The summed E-state index contributed by atoms with van der Waals surface area (Å²) in [5, 5.41) is 4.00. The first-order chi connectivity index (χ1) is 9.20. The van der Waals surface area contributed by atoms with Crippen molar-refractivity contribution in [3.8, 4) is 0 Å². The average Bonchev–Trinajstić information content (AvgIpc) is 3.02. The molecule has 2 rings (SSSR count). The third kappa shape index (κ3) is 4.12. The van der Waals surface area contributed by atoms with Gasteiger partial charge in [-0.15, -0.1) is 16.9 Å². The molecule has 0 N–H and O–H groups in total. The lowest BCUT2D eigenvalue weighted by atomic mass is 10.2. The minimum atomic E-state index is -0.288. The maximum atomic E-state index is 11.9. The van der Waals surface area contributed by atoms with Crippen LogP contribution in [0.25, 0.3) is 0 Å². The number of aromatic nitrogens is 2. The Kier molecular flexibility index (Phi) is 5.53. The van der Waals surface area contributed by atoms with Crippen molar-refractivity contribution in [2.45, 2.75) is 21.9 Å². The number of thiol groups is 1. The van der Waals surface area contributed by atoms with Crippen LogP contribution in [-0.2, 0) is 4.74 Å². The number of nitrogens with zero attached hydrogens (tertiary/aromatic N) is 3. The summed E-state index contributed by atoms with van der Waals surface area (Å²) in [4.78, 5) is 13.7. The van der Waals surface area contributed by atoms with Crippen molar-refractivity contribution >= 4 is 42.0 Å². The molecule has 1 aromatic heterocycles. The van der Waals surface area contributed by atoms with Gasteiger partial charge in [0.1, 0.15) is 10.8 Å². The molecule has 1 aromatic rings. The molecule has 1 saturated heterocycles. The van der Waals surface area contributed by atoms with Gasteiger partial charge in [0.05, 0.1) is 6.20 Å². The predicted molar refractivity (Wildman–Crippen MR) is 80.1 cm³/mol. The molecule has 1 amide bonds. The first-order valence-electron chi connectivity index (χ1n) is 5.83. The van der Waals surface area contributed by atoms with Crippen LogP contribution >= 0.6 is 35.9 Å². The molecule has 0 aliphatic carbocycles. The zero-order valence-electron chi connectivity index (χ0n) is 10.3. The predicted octanol–water partition coefficient (Wildman–Crippen LogP) is 2.33. The van der Waals surface area contributed by atoms with Crippen molar-refractivity contribution in [1.82, 2.24) is 14.5 Å². The number of hydrogen-bond donors (Lipinski definition) is 1. The van der Waals surface area contributed by atoms with E-state index in [-0.39, 0.29) is 24.0 Å². The van der Waals surface area contributed by atoms with Crippen LogP contribution in [0.4, 0.5) is 4.79 Å². The maximum absolute atomic E-state index is 11.9. The highest BCUT2D eigenvalue weighted by Crippen LogP contribution is 2.29. The molecule has 1 aliphatic heterocycles. The molecule has 1 aliphatic rings. The van der Waals surface area contributed by atoms with Crippen molar-refractivity contribution in [3.63, 3.8) is 0 Å². The van der Waals surface area contributed by atoms with Gasteiger partial charge in [-0.05, 0) is 18.0 Å². The third-order valence-electron chi connectivity index (χ3n) is 2.71. The van der Waals surface area contributed by atoms with Crippen LogP contribution in [0, 0.1) is 0 Å². The van der Waals surface area contributed by atoms with E-state index in [1.54, 1.807) is 28.9 Å². The fourth-order valence-corrected chi connectivity index (χ4v) is 3.88. The fraction of sp³-hybridized carbons (Fsp3) is 0.545. The Bertz CT molecular complexity index is 427. The lowest BCUT2D eigenvalue weighted by Gasteiger charge is -2.23. The van der Waals surface area contributed by atoms with Crippen LogP contribution in [0.3, 0.4) is 0 Å².